The number of ether oxygens (including phenoxy) is 12. The zero-order chi connectivity index (χ0) is 70.4. The summed E-state index contributed by atoms with van der Waals surface area (Å²) in [6, 6.07) is 52.8. The predicted octanol–water partition coefficient (Wildman–Crippen LogP) is 7.95. The van der Waals surface area contributed by atoms with Gasteiger partial charge in [-0.2, -0.15) is 0 Å². The fourth-order valence-electron chi connectivity index (χ4n) is 14.4. The topological polar surface area (TPSA) is 316 Å². The number of Topliss-reactive ketones (excluding diaryl/α,β-unsaturated/α-hetero) is 1. The molecule has 0 spiro atoms. The van der Waals surface area contributed by atoms with Gasteiger partial charge in [-0.25, -0.2) is 14.4 Å². The number of fused-ring (bicyclic) bond motifs is 2. The minimum atomic E-state index is -1.81. The first-order valence-corrected chi connectivity index (χ1v) is 34.9. The standard InChI is InChI=1S/C77H91N3O21/c1-45-37-53(38-54(82)46(2)59(90-41-47-21-9-3-10-22-47)39-78-75(87)91-42-48-23-11-4-12-24-48)63(83)71(67(45)99-72-61(79-76(88)92-43-49-25-13-5-14-26-49)64(84)68-57(96-72)35-33-55(94-68)51-29-17-7-18-30-51)101-74-66(86)70(60(40-81)98-74)100-73-62(80-77(89)93-44-50-27-15-6-16-28-50)65(85)69-58(97-73)36-34-56(95-69)52-31-19-8-20-32-52/h3-32,45-46,53,55-74,81,83-86H,33-44H2,1-2H3,(H,78,87)(H,79,88)(H,80,89)/t45-,46+,53-,55?,56?,57+,58-,59+,60+,61+,62+,63-,64-,65+,66+,67+,68+,69+,70+,71+,72+,73+,74-/m0/s1. The van der Waals surface area contributed by atoms with Crippen LogP contribution in [0.4, 0.5) is 14.4 Å². The molecule has 2 unspecified atom stereocenters. The highest BCUT2D eigenvalue weighted by Crippen LogP contribution is 2.44. The van der Waals surface area contributed by atoms with E-state index in [1.807, 2.05) is 140 Å². The molecule has 6 aliphatic rings. The fraction of sp³-hybridized carbons (Fsp3) is 0.481. The number of hydrogen-bond acceptors (Lipinski definition) is 21. The Labute approximate surface area is 586 Å². The second-order valence-electron chi connectivity index (χ2n) is 26.9. The fourth-order valence-corrected chi connectivity index (χ4v) is 14.4. The highest BCUT2D eigenvalue weighted by molar-refractivity contribution is 5.81. The van der Waals surface area contributed by atoms with Crippen molar-refractivity contribution in [2.45, 2.75) is 201 Å². The van der Waals surface area contributed by atoms with E-state index in [4.69, 9.17) is 56.8 Å². The summed E-state index contributed by atoms with van der Waals surface area (Å²) < 4.78 is 76.5. The van der Waals surface area contributed by atoms with Crippen LogP contribution in [0.2, 0.25) is 0 Å². The van der Waals surface area contributed by atoms with Crippen LogP contribution in [-0.2, 0) is 88.1 Å². The minimum Gasteiger partial charge on any atom is -0.445 e. The van der Waals surface area contributed by atoms with E-state index >= 15 is 0 Å². The smallest absolute Gasteiger partial charge is 0.407 e. The van der Waals surface area contributed by atoms with Gasteiger partial charge in [-0.05, 0) is 77.3 Å². The number of rotatable bonds is 26. The number of ketones is 1. The highest BCUT2D eigenvalue weighted by Gasteiger charge is 2.58. The molecule has 540 valence electrons. The summed E-state index contributed by atoms with van der Waals surface area (Å²) in [5.74, 6) is -2.74. The number of alkyl carbamates (subject to hydrolysis) is 3. The molecule has 0 aromatic heterocycles. The van der Waals surface area contributed by atoms with Crippen LogP contribution in [0.1, 0.15) is 98.0 Å². The van der Waals surface area contributed by atoms with Crippen molar-refractivity contribution in [2.75, 3.05) is 13.2 Å². The normalized spacial score (nSPS) is 32.1. The summed E-state index contributed by atoms with van der Waals surface area (Å²) in [6.07, 6.45) is -22.8. The van der Waals surface area contributed by atoms with Crippen molar-refractivity contribution in [3.05, 3.63) is 215 Å². The highest BCUT2D eigenvalue weighted by atomic mass is 16.8. The second-order valence-corrected chi connectivity index (χ2v) is 26.9. The van der Waals surface area contributed by atoms with Gasteiger partial charge in [-0.1, -0.05) is 196 Å². The summed E-state index contributed by atoms with van der Waals surface area (Å²) in [5, 5.41) is 69.9. The van der Waals surface area contributed by atoms with Gasteiger partial charge in [0.05, 0.1) is 55.9 Å². The van der Waals surface area contributed by atoms with E-state index in [-0.39, 0.29) is 51.6 Å². The maximum atomic E-state index is 14.9. The molecule has 1 saturated carbocycles. The van der Waals surface area contributed by atoms with Crippen LogP contribution in [0.5, 0.6) is 0 Å². The van der Waals surface area contributed by atoms with Crippen molar-refractivity contribution < 1.29 is 102 Å². The van der Waals surface area contributed by atoms with E-state index < -0.39 is 165 Å². The molecule has 8 N–H and O–H groups in total. The van der Waals surface area contributed by atoms with Gasteiger partial charge in [0.2, 0.25) is 0 Å². The monoisotopic (exact) mass is 1390 g/mol. The molecule has 24 nitrogen and oxygen atoms in total. The van der Waals surface area contributed by atoms with Crippen molar-refractivity contribution in [3.8, 4) is 0 Å². The Hall–Kier alpha value is -7.76. The lowest BCUT2D eigenvalue weighted by atomic mass is 9.73. The third-order valence-corrected chi connectivity index (χ3v) is 20.0. The Bertz CT molecular complexity index is 3560. The first kappa shape index (κ1) is 73.0. The van der Waals surface area contributed by atoms with E-state index in [0.717, 1.165) is 22.3 Å². The van der Waals surface area contributed by atoms with Gasteiger partial charge in [0.15, 0.2) is 18.9 Å². The molecule has 0 radical (unpaired) electrons. The number of carbonyl (C=O) groups is 4. The average Bonchev–Trinajstić information content (AvgIpc) is 1.67. The number of benzene rings is 6. The van der Waals surface area contributed by atoms with Crippen molar-refractivity contribution in [3.63, 3.8) is 0 Å². The van der Waals surface area contributed by atoms with Gasteiger partial charge in [-0.3, -0.25) is 4.79 Å². The number of aliphatic hydroxyl groups excluding tert-OH is 5. The quantitative estimate of drug-likeness (QED) is 0.0239. The summed E-state index contributed by atoms with van der Waals surface area (Å²) in [7, 11) is 0. The molecule has 3 amide bonds. The Morgan fingerprint density at radius 1 is 0.475 bits per heavy atom. The lowest BCUT2D eigenvalue weighted by Gasteiger charge is -2.51. The van der Waals surface area contributed by atoms with Crippen molar-refractivity contribution in [1.29, 1.82) is 0 Å². The molecule has 0 bridgehead atoms. The first-order chi connectivity index (χ1) is 49.1. The number of carbonyl (C=O) groups excluding carboxylic acids is 4. The Kier molecular flexibility index (Phi) is 25.3. The SMILES string of the molecule is C[C@H](C(=O)C[C@@H]1C[C@H](C)[C@@H](O[C@H]2O[C@@H]3CCC(c4ccccc4)O[C@H]3[C@@H](O)[C@H]2NC(=O)OCc2ccccc2)[C@H](O[C@@H]2O[C@H](CO)[C@@H](O[C@H]3O[C@H]4CCC(c5ccccc5)O[C@H]4[C@H](O)[C@H]3NC(=O)OCc3ccccc3)[C@H]2O)[C@H]1O)[C@@H](CNC(=O)OCc1ccccc1)OCc1ccccc1. The first-order valence-electron chi connectivity index (χ1n) is 34.9. The van der Waals surface area contributed by atoms with Crippen LogP contribution < -0.4 is 16.0 Å². The molecule has 12 rings (SSSR count). The molecule has 101 heavy (non-hydrogen) atoms. The average molecular weight is 1390 g/mol. The van der Waals surface area contributed by atoms with E-state index in [1.165, 1.54) is 0 Å². The number of hydrogen-bond donors (Lipinski definition) is 8. The number of aliphatic hydroxyl groups is 5. The van der Waals surface area contributed by atoms with Crippen molar-refractivity contribution in [1.82, 2.24) is 16.0 Å². The van der Waals surface area contributed by atoms with Crippen molar-refractivity contribution >= 4 is 24.1 Å². The predicted molar refractivity (Wildman–Crippen MR) is 361 cm³/mol. The molecule has 5 heterocycles. The Morgan fingerprint density at radius 2 is 0.891 bits per heavy atom. The van der Waals surface area contributed by atoms with E-state index in [0.29, 0.717) is 36.8 Å². The molecule has 6 fully saturated rings. The lowest BCUT2D eigenvalue weighted by Crippen LogP contribution is -2.67. The molecule has 5 aliphatic heterocycles. The largest absolute Gasteiger partial charge is 0.445 e. The number of nitrogens with one attached hydrogen (secondary N) is 3. The van der Waals surface area contributed by atoms with Gasteiger partial charge < -0.3 is 98.3 Å². The number of amides is 3. The van der Waals surface area contributed by atoms with Crippen LogP contribution in [-0.4, -0.2) is 173 Å². The zero-order valence-electron chi connectivity index (χ0n) is 56.4. The van der Waals surface area contributed by atoms with E-state index in [1.54, 1.807) is 55.5 Å². The van der Waals surface area contributed by atoms with Gasteiger partial charge >= 0.3 is 18.3 Å². The molecule has 23 atom stereocenters. The molecular formula is C77H91N3O21. The van der Waals surface area contributed by atoms with Gasteiger partial charge in [0.1, 0.15) is 86.5 Å². The summed E-state index contributed by atoms with van der Waals surface area (Å²) in [4.78, 5) is 55.8. The van der Waals surface area contributed by atoms with Crippen molar-refractivity contribution in [2.24, 2.45) is 17.8 Å². The third kappa shape index (κ3) is 18.5. The molecule has 5 saturated heterocycles. The van der Waals surface area contributed by atoms with Gasteiger partial charge in [0, 0.05) is 18.9 Å². The molecule has 24 heteroatoms. The van der Waals surface area contributed by atoms with E-state index in [9.17, 15) is 44.7 Å². The molecular weight excluding hydrogens is 1300 g/mol. The van der Waals surface area contributed by atoms with Crippen LogP contribution in [0.15, 0.2) is 182 Å². The van der Waals surface area contributed by atoms with E-state index in [2.05, 4.69) is 16.0 Å². The van der Waals surface area contributed by atoms with Crippen LogP contribution in [0.3, 0.4) is 0 Å². The zero-order valence-corrected chi connectivity index (χ0v) is 56.4. The lowest BCUT2D eigenvalue weighted by molar-refractivity contribution is -0.330. The van der Waals surface area contributed by atoms with Crippen LogP contribution in [0.25, 0.3) is 0 Å². The maximum Gasteiger partial charge on any atom is 0.407 e. The van der Waals surface area contributed by atoms with Gasteiger partial charge in [-0.15, -0.1) is 0 Å². The summed E-state index contributed by atoms with van der Waals surface area (Å²) in [5.41, 5.74) is 4.77. The molecule has 1 aliphatic carbocycles. The molecule has 6 aromatic rings. The van der Waals surface area contributed by atoms with Crippen LogP contribution >= 0.6 is 0 Å². The van der Waals surface area contributed by atoms with Gasteiger partial charge in [0.25, 0.3) is 0 Å². The third-order valence-electron chi connectivity index (χ3n) is 20.0. The minimum absolute atomic E-state index is 0.00799. The summed E-state index contributed by atoms with van der Waals surface area (Å²) in [6.45, 7) is 2.51. The molecule has 6 aromatic carbocycles. The maximum absolute atomic E-state index is 14.9. The Balaban J connectivity index is 0.812. The second kappa shape index (κ2) is 34.9. The summed E-state index contributed by atoms with van der Waals surface area (Å²) >= 11 is 0. The van der Waals surface area contributed by atoms with Crippen LogP contribution in [0, 0.1) is 17.8 Å². The Morgan fingerprint density at radius 3 is 1.35 bits per heavy atom.